The van der Waals surface area contributed by atoms with Crippen molar-refractivity contribution in [1.29, 1.82) is 0 Å². The molecule has 1 aliphatic heterocycles. The van der Waals surface area contributed by atoms with E-state index in [1.54, 1.807) is 0 Å². The standard InChI is InChI=1S/C7H14N2O6S3.2Na/c10-17(11,12)5-3-8-1-2-9(7(8)16)4-6-18(13,14)15;;/h1-6H2,(H,10,11,12)(H,13,14,15);;/q;2*+1/p-2. The summed E-state index contributed by atoms with van der Waals surface area (Å²) in [4.78, 5) is 3.00. The van der Waals surface area contributed by atoms with Crippen LogP contribution in [-0.4, -0.2) is 78.5 Å². The molecule has 1 heterocycles. The molecule has 0 spiro atoms. The van der Waals surface area contributed by atoms with Crippen molar-refractivity contribution < 1.29 is 85.1 Å². The van der Waals surface area contributed by atoms with Crippen LogP contribution in [0.25, 0.3) is 0 Å². The number of thiocarbonyl (C=S) groups is 1. The molecular weight excluding hydrogens is 350 g/mol. The molecule has 0 saturated carbocycles. The Labute approximate surface area is 168 Å². The summed E-state index contributed by atoms with van der Waals surface area (Å²) in [6.07, 6.45) is 0. The van der Waals surface area contributed by atoms with Gasteiger partial charge >= 0.3 is 59.1 Å². The summed E-state index contributed by atoms with van der Waals surface area (Å²) in [5.41, 5.74) is 0. The Morgan fingerprint density at radius 2 is 1.20 bits per heavy atom. The average molecular weight is 362 g/mol. The van der Waals surface area contributed by atoms with Crippen molar-refractivity contribution in [1.82, 2.24) is 9.80 Å². The molecule has 1 rings (SSSR count). The Balaban J connectivity index is 0. The first-order valence-corrected chi connectivity index (χ1v) is 8.56. The van der Waals surface area contributed by atoms with Crippen LogP contribution in [-0.2, 0) is 20.2 Å². The fourth-order valence-electron chi connectivity index (χ4n) is 1.49. The van der Waals surface area contributed by atoms with E-state index in [1.165, 1.54) is 9.80 Å². The molecule has 0 radical (unpaired) electrons. The van der Waals surface area contributed by atoms with Gasteiger partial charge in [-0.1, -0.05) is 0 Å². The van der Waals surface area contributed by atoms with E-state index in [9.17, 15) is 25.9 Å². The second-order valence-electron chi connectivity index (χ2n) is 3.78. The minimum Gasteiger partial charge on any atom is -0.748 e. The van der Waals surface area contributed by atoms with Crippen molar-refractivity contribution in [2.24, 2.45) is 0 Å². The van der Waals surface area contributed by atoms with Crippen molar-refractivity contribution >= 4 is 37.6 Å². The molecule has 0 unspecified atom stereocenters. The molecule has 0 bridgehead atoms. The summed E-state index contributed by atoms with van der Waals surface area (Å²) in [5.74, 6) is -1.11. The summed E-state index contributed by atoms with van der Waals surface area (Å²) < 4.78 is 62.8. The minimum atomic E-state index is -4.30. The fourth-order valence-corrected chi connectivity index (χ4v) is 2.74. The van der Waals surface area contributed by atoms with Gasteiger partial charge in [-0.05, 0) is 12.2 Å². The summed E-state index contributed by atoms with van der Waals surface area (Å²) >= 11 is 5.00. The van der Waals surface area contributed by atoms with E-state index in [-0.39, 0.29) is 77.3 Å². The molecule has 8 nitrogen and oxygen atoms in total. The number of rotatable bonds is 6. The quantitative estimate of drug-likeness (QED) is 0.258. The zero-order valence-corrected chi connectivity index (χ0v) is 17.8. The number of hydrogen-bond donors (Lipinski definition) is 0. The van der Waals surface area contributed by atoms with Gasteiger partial charge in [0.15, 0.2) is 5.11 Å². The average Bonchev–Trinajstić information content (AvgIpc) is 2.51. The van der Waals surface area contributed by atoms with Crippen LogP contribution in [0.4, 0.5) is 0 Å². The van der Waals surface area contributed by atoms with E-state index in [0.29, 0.717) is 13.1 Å². The third-order valence-electron chi connectivity index (χ3n) is 2.40. The minimum absolute atomic E-state index is 0. The maximum Gasteiger partial charge on any atom is 1.00 e. The first-order valence-electron chi connectivity index (χ1n) is 4.99. The normalized spacial score (nSPS) is 15.8. The number of nitrogens with zero attached hydrogens (tertiary/aromatic N) is 2. The smallest absolute Gasteiger partial charge is 0.748 e. The monoisotopic (exact) mass is 362 g/mol. The van der Waals surface area contributed by atoms with Crippen LogP contribution in [0, 0.1) is 0 Å². The zero-order valence-electron chi connectivity index (χ0n) is 11.3. The van der Waals surface area contributed by atoms with Gasteiger partial charge < -0.3 is 18.9 Å². The van der Waals surface area contributed by atoms with Crippen LogP contribution in [0.2, 0.25) is 0 Å². The van der Waals surface area contributed by atoms with E-state index in [0.717, 1.165) is 0 Å². The second-order valence-corrected chi connectivity index (χ2v) is 7.19. The third-order valence-corrected chi connectivity index (χ3v) is 4.28. The molecule has 0 atom stereocenters. The molecule has 0 aliphatic carbocycles. The largest absolute Gasteiger partial charge is 1.00 e. The molecule has 0 aromatic heterocycles. The van der Waals surface area contributed by atoms with Crippen molar-refractivity contribution in [2.75, 3.05) is 37.7 Å². The van der Waals surface area contributed by atoms with E-state index in [1.807, 2.05) is 0 Å². The molecule has 1 aliphatic rings. The molecular formula is C7H12N2Na2O6S3. The molecule has 0 N–H and O–H groups in total. The van der Waals surface area contributed by atoms with Crippen molar-refractivity contribution in [2.45, 2.75) is 0 Å². The van der Waals surface area contributed by atoms with Crippen LogP contribution in [0.1, 0.15) is 0 Å². The molecule has 13 heteroatoms. The van der Waals surface area contributed by atoms with Crippen molar-refractivity contribution in [3.8, 4) is 0 Å². The Morgan fingerprint density at radius 3 is 1.45 bits per heavy atom. The Bertz CT molecular complexity index is 477. The predicted molar refractivity (Wildman–Crippen MR) is 64.9 cm³/mol. The van der Waals surface area contributed by atoms with Gasteiger partial charge in [0.2, 0.25) is 0 Å². The van der Waals surface area contributed by atoms with Gasteiger partial charge in [0.1, 0.15) is 0 Å². The molecule has 106 valence electrons. The molecule has 1 saturated heterocycles. The SMILES string of the molecule is O=S(=O)([O-])CCN1CCN(CCS(=O)(=O)[O-])C1=S.[Na+].[Na+]. The Hall–Kier alpha value is 1.51. The van der Waals surface area contributed by atoms with Gasteiger partial charge in [-0.25, -0.2) is 16.8 Å². The van der Waals surface area contributed by atoms with E-state index in [2.05, 4.69) is 0 Å². The van der Waals surface area contributed by atoms with Gasteiger partial charge in [-0.3, -0.25) is 0 Å². The van der Waals surface area contributed by atoms with E-state index in [4.69, 9.17) is 12.2 Å². The molecule has 0 amide bonds. The first kappa shape index (κ1) is 23.8. The predicted octanol–water partition coefficient (Wildman–Crippen LogP) is -8.01. The fraction of sp³-hybridized carbons (Fsp3) is 0.857. The van der Waals surface area contributed by atoms with Crippen molar-refractivity contribution in [3.05, 3.63) is 0 Å². The zero-order chi connectivity index (χ0) is 14.0. The van der Waals surface area contributed by atoms with Crippen molar-refractivity contribution in [3.63, 3.8) is 0 Å². The van der Waals surface area contributed by atoms with E-state index < -0.39 is 31.7 Å². The first-order chi connectivity index (χ1) is 8.08. The van der Waals surface area contributed by atoms with Gasteiger partial charge in [-0.15, -0.1) is 0 Å². The maximum atomic E-state index is 10.5. The summed E-state index contributed by atoms with van der Waals surface area (Å²) in [6, 6.07) is 0. The van der Waals surface area contributed by atoms with Gasteiger partial charge in [0.05, 0.1) is 31.7 Å². The van der Waals surface area contributed by atoms with Gasteiger partial charge in [0.25, 0.3) is 0 Å². The summed E-state index contributed by atoms with van der Waals surface area (Å²) in [5, 5.41) is 0.266. The molecule has 1 fully saturated rings. The molecule has 20 heavy (non-hydrogen) atoms. The topological polar surface area (TPSA) is 121 Å². The van der Waals surface area contributed by atoms with E-state index >= 15 is 0 Å². The Kier molecular flexibility index (Phi) is 11.4. The van der Waals surface area contributed by atoms with Crippen LogP contribution in [0.15, 0.2) is 0 Å². The molecule has 0 aromatic carbocycles. The van der Waals surface area contributed by atoms with Gasteiger partial charge in [0, 0.05) is 26.2 Å². The third kappa shape index (κ3) is 9.51. The van der Waals surface area contributed by atoms with Gasteiger partial charge in [-0.2, -0.15) is 0 Å². The maximum absolute atomic E-state index is 10.5. The van der Waals surface area contributed by atoms with Crippen LogP contribution >= 0.6 is 12.2 Å². The Morgan fingerprint density at radius 1 is 0.900 bits per heavy atom. The van der Waals surface area contributed by atoms with Crippen LogP contribution in [0.3, 0.4) is 0 Å². The second kappa shape index (κ2) is 9.60. The number of hydrogen-bond acceptors (Lipinski definition) is 7. The van der Waals surface area contributed by atoms with Crippen LogP contribution < -0.4 is 59.1 Å². The summed E-state index contributed by atoms with van der Waals surface area (Å²) in [6.45, 7) is 0.775. The molecule has 0 aromatic rings. The van der Waals surface area contributed by atoms with Crippen LogP contribution in [0.5, 0.6) is 0 Å². The summed E-state index contributed by atoms with van der Waals surface area (Å²) in [7, 11) is -8.61.